The van der Waals surface area contributed by atoms with Crippen LogP contribution in [0.3, 0.4) is 0 Å². The van der Waals surface area contributed by atoms with Gasteiger partial charge in [0.2, 0.25) is 5.91 Å². The first-order chi connectivity index (χ1) is 12.7. The normalized spacial score (nSPS) is 14.5. The van der Waals surface area contributed by atoms with Crippen LogP contribution in [0.2, 0.25) is 0 Å². The molecule has 0 spiro atoms. The molecule has 11 heteroatoms. The number of hydrogen-bond acceptors (Lipinski definition) is 3. The van der Waals surface area contributed by atoms with Crippen molar-refractivity contribution in [2.24, 2.45) is 0 Å². The number of aromatic nitrogens is 2. The number of amides is 1. The van der Waals surface area contributed by atoms with Gasteiger partial charge in [0.1, 0.15) is 12.3 Å². The lowest BCUT2D eigenvalue weighted by molar-refractivity contribution is -0.142. The van der Waals surface area contributed by atoms with Crippen molar-refractivity contribution in [2.45, 2.75) is 38.1 Å². The Morgan fingerprint density at radius 2 is 2.00 bits per heavy atom. The Morgan fingerprint density at radius 1 is 1.33 bits per heavy atom. The minimum atomic E-state index is -4.66. The van der Waals surface area contributed by atoms with Crippen LogP contribution in [0.5, 0.6) is 5.75 Å². The fraction of sp³-hybridized carbons (Fsp3) is 0.375. The number of carbonyl (C=O) groups is 1. The van der Waals surface area contributed by atoms with E-state index in [9.17, 15) is 26.7 Å². The molecule has 0 unspecified atom stereocenters. The molecule has 1 aliphatic rings. The summed E-state index contributed by atoms with van der Waals surface area (Å²) in [6, 6.07) is 5.52. The first kappa shape index (κ1) is 19.6. The second-order valence-corrected chi connectivity index (χ2v) is 6.69. The van der Waals surface area contributed by atoms with Gasteiger partial charge in [0, 0.05) is 5.92 Å². The first-order valence-corrected chi connectivity index (χ1v) is 8.63. The number of rotatable bonds is 6. The summed E-state index contributed by atoms with van der Waals surface area (Å²) in [6.45, 7) is -3.58. The minimum Gasteiger partial charge on any atom is -0.433 e. The molecule has 0 saturated heterocycles. The molecule has 0 bridgehead atoms. The molecular formula is C16H13BrF5N3O2. The first-order valence-electron chi connectivity index (χ1n) is 7.84. The number of alkyl halides is 5. The van der Waals surface area contributed by atoms with E-state index in [0.29, 0.717) is 18.5 Å². The van der Waals surface area contributed by atoms with E-state index in [0.717, 1.165) is 4.68 Å². The van der Waals surface area contributed by atoms with Crippen LogP contribution in [0.1, 0.15) is 30.1 Å². The lowest BCUT2D eigenvalue weighted by Crippen LogP contribution is -2.22. The maximum absolute atomic E-state index is 13.1. The molecule has 146 valence electrons. The lowest BCUT2D eigenvalue weighted by atomic mass is 10.2. The molecule has 1 aromatic carbocycles. The number of para-hydroxylation sites is 2. The molecule has 1 fully saturated rings. The number of ether oxygens (including phenoxy) is 1. The highest BCUT2D eigenvalue weighted by molar-refractivity contribution is 9.10. The minimum absolute atomic E-state index is 0.0157. The van der Waals surface area contributed by atoms with Gasteiger partial charge >= 0.3 is 12.8 Å². The third kappa shape index (κ3) is 4.57. The number of benzene rings is 1. The molecule has 1 N–H and O–H groups in total. The molecule has 1 aliphatic carbocycles. The molecule has 3 rings (SSSR count). The van der Waals surface area contributed by atoms with Crippen molar-refractivity contribution in [2.75, 3.05) is 5.32 Å². The lowest BCUT2D eigenvalue weighted by Gasteiger charge is -2.12. The van der Waals surface area contributed by atoms with E-state index < -0.39 is 30.9 Å². The SMILES string of the molecule is O=C(Cn1nc(C(F)(F)F)c(Br)c1C1CC1)Nc1ccccc1OC(F)F. The number of hydrogen-bond donors (Lipinski definition) is 1. The van der Waals surface area contributed by atoms with Crippen LogP contribution >= 0.6 is 15.9 Å². The highest BCUT2D eigenvalue weighted by atomic mass is 79.9. The largest absolute Gasteiger partial charge is 0.436 e. The number of halogens is 6. The van der Waals surface area contributed by atoms with Gasteiger partial charge in [-0.15, -0.1) is 0 Å². The van der Waals surface area contributed by atoms with E-state index in [1.807, 2.05) is 0 Å². The maximum Gasteiger partial charge on any atom is 0.436 e. The monoisotopic (exact) mass is 453 g/mol. The van der Waals surface area contributed by atoms with E-state index in [4.69, 9.17) is 0 Å². The smallest absolute Gasteiger partial charge is 0.433 e. The maximum atomic E-state index is 13.1. The van der Waals surface area contributed by atoms with Gasteiger partial charge in [0.25, 0.3) is 0 Å². The Bertz CT molecular complexity index is 849. The van der Waals surface area contributed by atoms with E-state index in [-0.39, 0.29) is 21.8 Å². The van der Waals surface area contributed by atoms with Crippen molar-refractivity contribution in [3.63, 3.8) is 0 Å². The second-order valence-electron chi connectivity index (χ2n) is 5.90. The molecule has 0 aliphatic heterocycles. The summed E-state index contributed by atoms with van der Waals surface area (Å²) >= 11 is 2.94. The number of nitrogens with zero attached hydrogens (tertiary/aromatic N) is 2. The quantitative estimate of drug-likeness (QED) is 0.640. The average molecular weight is 454 g/mol. The van der Waals surface area contributed by atoms with Crippen molar-refractivity contribution in [3.8, 4) is 5.75 Å². The Hall–Kier alpha value is -2.17. The van der Waals surface area contributed by atoms with Crippen LogP contribution in [0, 0.1) is 0 Å². The van der Waals surface area contributed by atoms with Crippen molar-refractivity contribution in [3.05, 3.63) is 40.1 Å². The van der Waals surface area contributed by atoms with Crippen LogP contribution in [0.4, 0.5) is 27.6 Å². The molecule has 1 heterocycles. The zero-order valence-electron chi connectivity index (χ0n) is 13.6. The molecule has 27 heavy (non-hydrogen) atoms. The van der Waals surface area contributed by atoms with E-state index >= 15 is 0 Å². The summed E-state index contributed by atoms with van der Waals surface area (Å²) in [5.41, 5.74) is -0.814. The van der Waals surface area contributed by atoms with Gasteiger partial charge in [-0.05, 0) is 40.9 Å². The van der Waals surface area contributed by atoms with Crippen LogP contribution in [0.15, 0.2) is 28.7 Å². The summed E-state index contributed by atoms with van der Waals surface area (Å²) in [6.07, 6.45) is -3.26. The van der Waals surface area contributed by atoms with Gasteiger partial charge in [-0.25, -0.2) is 0 Å². The van der Waals surface area contributed by atoms with Gasteiger partial charge in [-0.3, -0.25) is 9.48 Å². The van der Waals surface area contributed by atoms with Gasteiger partial charge in [0.05, 0.1) is 15.9 Å². The van der Waals surface area contributed by atoms with Gasteiger partial charge in [-0.1, -0.05) is 12.1 Å². The third-order valence-corrected chi connectivity index (χ3v) is 4.62. The Labute approximate surface area is 158 Å². The summed E-state index contributed by atoms with van der Waals surface area (Å²) < 4.78 is 69.3. The van der Waals surface area contributed by atoms with Crippen LogP contribution in [-0.4, -0.2) is 22.3 Å². The van der Waals surface area contributed by atoms with Crippen LogP contribution < -0.4 is 10.1 Å². The molecule has 1 amide bonds. The molecular weight excluding hydrogens is 441 g/mol. The predicted molar refractivity (Wildman–Crippen MR) is 88.6 cm³/mol. The molecule has 2 aromatic rings. The third-order valence-electron chi connectivity index (χ3n) is 3.83. The molecule has 5 nitrogen and oxygen atoms in total. The summed E-state index contributed by atoms with van der Waals surface area (Å²) in [7, 11) is 0. The average Bonchev–Trinajstić information content (AvgIpc) is 3.32. The molecule has 0 radical (unpaired) electrons. The summed E-state index contributed by atoms with van der Waals surface area (Å²) in [5.74, 6) is -1.07. The fourth-order valence-electron chi connectivity index (χ4n) is 2.60. The predicted octanol–water partition coefficient (Wildman–Crippen LogP) is 4.78. The highest BCUT2D eigenvalue weighted by Gasteiger charge is 2.42. The van der Waals surface area contributed by atoms with Gasteiger partial charge in [-0.2, -0.15) is 27.1 Å². The number of anilines is 1. The van der Waals surface area contributed by atoms with E-state index in [1.165, 1.54) is 24.3 Å². The molecule has 1 aromatic heterocycles. The Morgan fingerprint density at radius 3 is 2.59 bits per heavy atom. The number of nitrogens with one attached hydrogen (secondary N) is 1. The summed E-state index contributed by atoms with van der Waals surface area (Å²) in [4.78, 5) is 12.3. The zero-order chi connectivity index (χ0) is 19.8. The highest BCUT2D eigenvalue weighted by Crippen LogP contribution is 2.47. The number of carbonyl (C=O) groups excluding carboxylic acids is 1. The van der Waals surface area contributed by atoms with Gasteiger partial charge in [0.15, 0.2) is 5.69 Å². The van der Waals surface area contributed by atoms with Gasteiger partial charge < -0.3 is 10.1 Å². The van der Waals surface area contributed by atoms with Crippen LogP contribution in [0.25, 0.3) is 0 Å². The topological polar surface area (TPSA) is 56.2 Å². The summed E-state index contributed by atoms with van der Waals surface area (Å²) in [5, 5.41) is 5.89. The molecule has 0 atom stereocenters. The van der Waals surface area contributed by atoms with E-state index in [2.05, 4.69) is 31.1 Å². The van der Waals surface area contributed by atoms with Crippen molar-refractivity contribution >= 4 is 27.5 Å². The Kier molecular flexibility index (Phi) is 5.41. The zero-order valence-corrected chi connectivity index (χ0v) is 15.2. The van der Waals surface area contributed by atoms with Crippen molar-refractivity contribution in [1.82, 2.24) is 9.78 Å². The van der Waals surface area contributed by atoms with Crippen LogP contribution in [-0.2, 0) is 17.5 Å². The van der Waals surface area contributed by atoms with Crippen molar-refractivity contribution in [1.29, 1.82) is 0 Å². The van der Waals surface area contributed by atoms with Crippen molar-refractivity contribution < 1.29 is 31.5 Å². The molecule has 1 saturated carbocycles. The second kappa shape index (κ2) is 7.45. The Balaban J connectivity index is 1.81. The standard InChI is InChI=1S/C16H13BrF5N3O2/c17-12-13(8-5-6-8)25(24-14(12)16(20,21)22)7-11(26)23-9-3-1-2-4-10(9)27-15(18)19/h1-4,8,15H,5-7H2,(H,23,26). The van der Waals surface area contributed by atoms with E-state index in [1.54, 1.807) is 0 Å². The fourth-order valence-corrected chi connectivity index (χ4v) is 3.43.